The van der Waals surface area contributed by atoms with E-state index in [1.807, 2.05) is 6.07 Å². The van der Waals surface area contributed by atoms with Crippen LogP contribution in [0.15, 0.2) is 47.5 Å². The first-order chi connectivity index (χ1) is 13.1. The van der Waals surface area contributed by atoms with Crippen molar-refractivity contribution in [1.29, 1.82) is 0 Å². The fourth-order valence-corrected chi connectivity index (χ4v) is 3.38. The van der Waals surface area contributed by atoms with Gasteiger partial charge in [-0.1, -0.05) is 24.3 Å². The van der Waals surface area contributed by atoms with E-state index >= 15 is 0 Å². The molecule has 3 rings (SSSR count). The fourth-order valence-electron chi connectivity index (χ4n) is 3.38. The summed E-state index contributed by atoms with van der Waals surface area (Å²) in [5.74, 6) is 0.527. The lowest BCUT2D eigenvalue weighted by Gasteiger charge is -2.22. The van der Waals surface area contributed by atoms with Gasteiger partial charge in [0, 0.05) is 32.4 Å². The molecule has 1 saturated heterocycles. The van der Waals surface area contributed by atoms with Crippen molar-refractivity contribution < 1.29 is 4.39 Å². The van der Waals surface area contributed by atoms with Crippen LogP contribution in [0.2, 0.25) is 0 Å². The maximum atomic E-state index is 13.7. The highest BCUT2D eigenvalue weighted by Gasteiger charge is 2.14. The van der Waals surface area contributed by atoms with Gasteiger partial charge in [0.25, 0.3) is 0 Å². The third kappa shape index (κ3) is 5.00. The van der Waals surface area contributed by atoms with Crippen LogP contribution in [0.5, 0.6) is 0 Å². The molecule has 0 spiro atoms. The molecule has 2 aromatic carbocycles. The van der Waals surface area contributed by atoms with E-state index in [2.05, 4.69) is 51.7 Å². The topological polar surface area (TPSA) is 39.7 Å². The van der Waals surface area contributed by atoms with E-state index in [1.165, 1.54) is 24.1 Å². The summed E-state index contributed by atoms with van der Waals surface area (Å²) in [4.78, 5) is 6.74. The van der Waals surface area contributed by atoms with Crippen molar-refractivity contribution >= 4 is 11.6 Å². The monoisotopic (exact) mass is 368 g/mol. The molecule has 0 bridgehead atoms. The summed E-state index contributed by atoms with van der Waals surface area (Å²) in [5, 5.41) is 6.69. The van der Waals surface area contributed by atoms with Crippen molar-refractivity contribution in [3.63, 3.8) is 0 Å². The minimum absolute atomic E-state index is 0.119. The molecule has 1 heterocycles. The number of halogens is 1. The van der Waals surface area contributed by atoms with Crippen molar-refractivity contribution in [3.05, 3.63) is 65.0 Å². The first-order valence-electron chi connectivity index (χ1n) is 9.64. The van der Waals surface area contributed by atoms with E-state index in [4.69, 9.17) is 0 Å². The van der Waals surface area contributed by atoms with Crippen LogP contribution < -0.4 is 15.5 Å². The van der Waals surface area contributed by atoms with E-state index in [9.17, 15) is 4.39 Å². The molecular weight excluding hydrogens is 339 g/mol. The molecule has 144 valence electrons. The molecule has 27 heavy (non-hydrogen) atoms. The Kier molecular flexibility index (Phi) is 6.32. The molecule has 1 unspecified atom stereocenters. The van der Waals surface area contributed by atoms with Gasteiger partial charge < -0.3 is 15.5 Å². The number of anilines is 1. The number of guanidine groups is 1. The average molecular weight is 369 g/mol. The van der Waals surface area contributed by atoms with Crippen LogP contribution in [0.3, 0.4) is 0 Å². The van der Waals surface area contributed by atoms with Crippen molar-refractivity contribution in [2.45, 2.75) is 39.3 Å². The van der Waals surface area contributed by atoms with Crippen molar-refractivity contribution in [2.24, 2.45) is 4.99 Å². The standard InChI is InChI=1S/C22H29FN4/c1-16-9-10-18(13-21(16)23)15-25-22(24-3)26-17(2)19-7-6-8-20(14-19)27-11-4-5-12-27/h6-10,13-14,17H,4-5,11-12,15H2,1-3H3,(H2,24,25,26). The minimum Gasteiger partial charge on any atom is -0.372 e. The lowest BCUT2D eigenvalue weighted by Crippen LogP contribution is -2.38. The zero-order valence-electron chi connectivity index (χ0n) is 16.4. The number of hydrogen-bond donors (Lipinski definition) is 2. The van der Waals surface area contributed by atoms with Crippen molar-refractivity contribution in [3.8, 4) is 0 Å². The van der Waals surface area contributed by atoms with E-state index in [0.29, 0.717) is 18.1 Å². The van der Waals surface area contributed by atoms with Crippen molar-refractivity contribution in [1.82, 2.24) is 10.6 Å². The molecule has 0 aliphatic carbocycles. The predicted octanol–water partition coefficient (Wildman–Crippen LogP) is 4.16. The summed E-state index contributed by atoms with van der Waals surface area (Å²) >= 11 is 0. The van der Waals surface area contributed by atoms with Gasteiger partial charge in [0.2, 0.25) is 0 Å². The van der Waals surface area contributed by atoms with Crippen LogP contribution in [0, 0.1) is 12.7 Å². The molecule has 0 saturated carbocycles. The molecule has 1 fully saturated rings. The number of nitrogens with zero attached hydrogens (tertiary/aromatic N) is 2. The quantitative estimate of drug-likeness (QED) is 0.615. The SMILES string of the molecule is CN=C(NCc1ccc(C)c(F)c1)NC(C)c1cccc(N2CCCC2)c1. The molecule has 4 nitrogen and oxygen atoms in total. The molecule has 1 atom stereocenters. The van der Waals surface area contributed by atoms with Gasteiger partial charge in [0.1, 0.15) is 5.82 Å². The Bertz CT molecular complexity index is 797. The Morgan fingerprint density at radius 2 is 1.96 bits per heavy atom. The Balaban J connectivity index is 1.60. The molecule has 0 amide bonds. The lowest BCUT2D eigenvalue weighted by molar-refractivity contribution is 0.614. The second-order valence-corrected chi connectivity index (χ2v) is 7.16. The number of aliphatic imine (C=N–C) groups is 1. The number of benzene rings is 2. The van der Waals surface area contributed by atoms with Gasteiger partial charge in [-0.15, -0.1) is 0 Å². The highest BCUT2D eigenvalue weighted by atomic mass is 19.1. The second-order valence-electron chi connectivity index (χ2n) is 7.16. The molecule has 2 N–H and O–H groups in total. The van der Waals surface area contributed by atoms with Crippen LogP contribution in [0.4, 0.5) is 10.1 Å². The van der Waals surface area contributed by atoms with E-state index in [0.717, 1.165) is 18.7 Å². The van der Waals surface area contributed by atoms with Gasteiger partial charge in [-0.3, -0.25) is 4.99 Å². The summed E-state index contributed by atoms with van der Waals surface area (Å²) in [6, 6.07) is 14.1. The predicted molar refractivity (Wildman–Crippen MR) is 111 cm³/mol. The zero-order valence-corrected chi connectivity index (χ0v) is 16.4. The minimum atomic E-state index is -0.177. The van der Waals surface area contributed by atoms with Crippen LogP contribution in [-0.4, -0.2) is 26.1 Å². The third-order valence-corrected chi connectivity index (χ3v) is 5.11. The van der Waals surface area contributed by atoms with Gasteiger partial charge in [-0.2, -0.15) is 0 Å². The molecule has 2 aromatic rings. The van der Waals surface area contributed by atoms with E-state index < -0.39 is 0 Å². The molecule has 0 aromatic heterocycles. The molecular formula is C22H29FN4. The van der Waals surface area contributed by atoms with Gasteiger partial charge in [0.15, 0.2) is 5.96 Å². The Morgan fingerprint density at radius 1 is 1.19 bits per heavy atom. The van der Waals surface area contributed by atoms with Crippen LogP contribution >= 0.6 is 0 Å². The second kappa shape index (κ2) is 8.89. The largest absolute Gasteiger partial charge is 0.372 e. The van der Waals surface area contributed by atoms with E-state index in [-0.39, 0.29) is 11.9 Å². The Hall–Kier alpha value is -2.56. The van der Waals surface area contributed by atoms with Crippen molar-refractivity contribution in [2.75, 3.05) is 25.0 Å². The summed E-state index contributed by atoms with van der Waals surface area (Å²) in [6.45, 7) is 6.70. The molecule has 5 heteroatoms. The Morgan fingerprint density at radius 3 is 2.67 bits per heavy atom. The third-order valence-electron chi connectivity index (χ3n) is 5.11. The van der Waals surface area contributed by atoms with Crippen LogP contribution in [0.1, 0.15) is 42.5 Å². The van der Waals surface area contributed by atoms with Gasteiger partial charge in [-0.05, 0) is 61.6 Å². The molecule has 1 aliphatic heterocycles. The highest BCUT2D eigenvalue weighted by molar-refractivity contribution is 5.80. The van der Waals surface area contributed by atoms with Gasteiger partial charge in [0.05, 0.1) is 6.04 Å². The summed E-state index contributed by atoms with van der Waals surface area (Å²) in [5.41, 5.74) is 4.07. The summed E-state index contributed by atoms with van der Waals surface area (Å²) in [6.07, 6.45) is 2.54. The number of aryl methyl sites for hydroxylation is 1. The van der Waals surface area contributed by atoms with Gasteiger partial charge in [-0.25, -0.2) is 4.39 Å². The van der Waals surface area contributed by atoms with Crippen LogP contribution in [-0.2, 0) is 6.54 Å². The summed E-state index contributed by atoms with van der Waals surface area (Å²) < 4.78 is 13.7. The number of hydrogen-bond acceptors (Lipinski definition) is 2. The molecule has 0 radical (unpaired) electrons. The molecule has 1 aliphatic rings. The fraction of sp³-hybridized carbons (Fsp3) is 0.409. The average Bonchev–Trinajstić information content (AvgIpc) is 3.22. The lowest BCUT2D eigenvalue weighted by atomic mass is 10.1. The number of nitrogens with one attached hydrogen (secondary N) is 2. The first kappa shape index (κ1) is 19.2. The Labute approximate surface area is 161 Å². The first-order valence-corrected chi connectivity index (χ1v) is 9.64. The van der Waals surface area contributed by atoms with E-state index in [1.54, 1.807) is 26.1 Å². The maximum Gasteiger partial charge on any atom is 0.191 e. The zero-order chi connectivity index (χ0) is 19.2. The summed E-state index contributed by atoms with van der Waals surface area (Å²) in [7, 11) is 1.75. The number of rotatable bonds is 5. The maximum absolute atomic E-state index is 13.7. The smallest absolute Gasteiger partial charge is 0.191 e. The highest BCUT2D eigenvalue weighted by Crippen LogP contribution is 2.24. The van der Waals surface area contributed by atoms with Gasteiger partial charge >= 0.3 is 0 Å². The normalized spacial score (nSPS) is 15.7. The van der Waals surface area contributed by atoms with Crippen LogP contribution in [0.25, 0.3) is 0 Å².